The first-order chi connectivity index (χ1) is 15.0. The zero-order chi connectivity index (χ0) is 23.6. The fraction of sp³-hybridized carbons (Fsp3) is 0.556. The van der Waals surface area contributed by atoms with E-state index in [1.165, 1.54) is 16.0 Å². The number of nitrogens with zero attached hydrogens (tertiary/aromatic N) is 2. The third-order valence-corrected chi connectivity index (χ3v) is 7.58. The quantitative estimate of drug-likeness (QED) is 0.553. The maximum atomic E-state index is 13.6. The summed E-state index contributed by atoms with van der Waals surface area (Å²) in [5.41, 5.74) is 3.73. The fourth-order valence-electron chi connectivity index (χ4n) is 4.35. The van der Waals surface area contributed by atoms with Crippen molar-refractivity contribution in [2.24, 2.45) is 5.92 Å². The second-order valence-electron chi connectivity index (χ2n) is 10.3. The van der Waals surface area contributed by atoms with E-state index in [9.17, 15) is 9.59 Å². The first-order valence-corrected chi connectivity index (χ1v) is 12.7. The summed E-state index contributed by atoms with van der Waals surface area (Å²) in [6, 6.07) is 10.8. The smallest absolute Gasteiger partial charge is 0.243 e. The standard InChI is InChI=1S/C27H38N2O2S/c1-8-19(4)29(26(31)18(2)3)17-24(30)28-15-13-23-22(14-16-32-23)25(28)20-9-11-21(12-10-20)27(5,6)7/h9-12,14,16,18-19,25H,8,13,15,17H2,1-7H3. The van der Waals surface area contributed by atoms with E-state index >= 15 is 0 Å². The van der Waals surface area contributed by atoms with Gasteiger partial charge < -0.3 is 9.80 Å². The van der Waals surface area contributed by atoms with Crippen LogP contribution < -0.4 is 0 Å². The molecule has 0 bridgehead atoms. The van der Waals surface area contributed by atoms with Crippen molar-refractivity contribution in [3.05, 3.63) is 57.3 Å². The van der Waals surface area contributed by atoms with Crippen molar-refractivity contribution in [2.75, 3.05) is 13.1 Å². The van der Waals surface area contributed by atoms with Crippen molar-refractivity contribution in [1.29, 1.82) is 0 Å². The number of benzene rings is 1. The van der Waals surface area contributed by atoms with Crippen molar-refractivity contribution in [3.63, 3.8) is 0 Å². The molecule has 5 heteroatoms. The van der Waals surface area contributed by atoms with Crippen LogP contribution in [0.5, 0.6) is 0 Å². The van der Waals surface area contributed by atoms with E-state index in [4.69, 9.17) is 0 Å². The van der Waals surface area contributed by atoms with Crippen LogP contribution in [0.3, 0.4) is 0 Å². The topological polar surface area (TPSA) is 40.6 Å². The molecule has 4 nitrogen and oxygen atoms in total. The molecular formula is C27H38N2O2S. The minimum atomic E-state index is -0.123. The van der Waals surface area contributed by atoms with E-state index in [0.717, 1.165) is 18.4 Å². The van der Waals surface area contributed by atoms with E-state index < -0.39 is 0 Å². The van der Waals surface area contributed by atoms with Gasteiger partial charge in [-0.15, -0.1) is 11.3 Å². The number of fused-ring (bicyclic) bond motifs is 1. The third kappa shape index (κ3) is 5.09. The van der Waals surface area contributed by atoms with Gasteiger partial charge in [-0.1, -0.05) is 65.8 Å². The lowest BCUT2D eigenvalue weighted by Crippen LogP contribution is -2.50. The van der Waals surface area contributed by atoms with Gasteiger partial charge in [0.25, 0.3) is 0 Å². The molecule has 0 radical (unpaired) electrons. The summed E-state index contributed by atoms with van der Waals surface area (Å²) in [5.74, 6) is -0.0459. The molecule has 2 amide bonds. The molecule has 2 unspecified atom stereocenters. The normalized spacial score (nSPS) is 17.2. The maximum Gasteiger partial charge on any atom is 0.243 e. The molecule has 2 atom stereocenters. The van der Waals surface area contributed by atoms with E-state index in [2.05, 4.69) is 63.4 Å². The number of hydrogen-bond acceptors (Lipinski definition) is 3. The Morgan fingerprint density at radius 2 is 1.78 bits per heavy atom. The molecule has 0 spiro atoms. The minimum absolute atomic E-state index is 0.0287. The molecule has 32 heavy (non-hydrogen) atoms. The molecule has 0 saturated heterocycles. The summed E-state index contributed by atoms with van der Waals surface area (Å²) in [6.45, 7) is 15.4. The first kappa shape index (κ1) is 24.5. The van der Waals surface area contributed by atoms with E-state index in [1.54, 1.807) is 16.2 Å². The lowest BCUT2D eigenvalue weighted by molar-refractivity contribution is -0.145. The monoisotopic (exact) mass is 454 g/mol. The number of carbonyl (C=O) groups excluding carboxylic acids is 2. The Hall–Kier alpha value is -2.14. The van der Waals surface area contributed by atoms with Gasteiger partial charge in [-0.05, 0) is 53.3 Å². The zero-order valence-electron chi connectivity index (χ0n) is 20.6. The number of hydrogen-bond donors (Lipinski definition) is 0. The van der Waals surface area contributed by atoms with Crippen LogP contribution in [0.1, 0.15) is 82.5 Å². The van der Waals surface area contributed by atoms with Gasteiger partial charge in [0.15, 0.2) is 0 Å². The zero-order valence-corrected chi connectivity index (χ0v) is 21.5. The van der Waals surface area contributed by atoms with E-state index in [-0.39, 0.29) is 41.8 Å². The Labute approximate surface area is 197 Å². The molecule has 1 aromatic heterocycles. The summed E-state index contributed by atoms with van der Waals surface area (Å²) in [4.78, 5) is 31.6. The van der Waals surface area contributed by atoms with Gasteiger partial charge in [-0.2, -0.15) is 0 Å². The SMILES string of the molecule is CCC(C)N(CC(=O)N1CCc2sccc2C1c1ccc(C(C)(C)C)cc1)C(=O)C(C)C. The Morgan fingerprint density at radius 3 is 2.34 bits per heavy atom. The minimum Gasteiger partial charge on any atom is -0.330 e. The summed E-state index contributed by atoms with van der Waals surface area (Å²) < 4.78 is 0. The Morgan fingerprint density at radius 1 is 1.12 bits per heavy atom. The highest BCUT2D eigenvalue weighted by molar-refractivity contribution is 7.10. The van der Waals surface area contributed by atoms with Gasteiger partial charge in [0.2, 0.25) is 11.8 Å². The van der Waals surface area contributed by atoms with Gasteiger partial charge in [0.05, 0.1) is 6.04 Å². The average Bonchev–Trinajstić information content (AvgIpc) is 3.23. The summed E-state index contributed by atoms with van der Waals surface area (Å²) in [6.07, 6.45) is 1.70. The van der Waals surface area contributed by atoms with Gasteiger partial charge >= 0.3 is 0 Å². The average molecular weight is 455 g/mol. The predicted molar refractivity (Wildman–Crippen MR) is 133 cm³/mol. The molecule has 1 aromatic carbocycles. The van der Waals surface area contributed by atoms with Gasteiger partial charge in [0, 0.05) is 23.4 Å². The Bertz CT molecular complexity index is 939. The van der Waals surface area contributed by atoms with Crippen LogP contribution in [0.2, 0.25) is 0 Å². The molecule has 174 valence electrons. The van der Waals surface area contributed by atoms with Crippen LogP contribution in [0.25, 0.3) is 0 Å². The Balaban J connectivity index is 1.93. The van der Waals surface area contributed by atoms with Gasteiger partial charge in [0.1, 0.15) is 6.54 Å². The predicted octanol–water partition coefficient (Wildman–Crippen LogP) is 5.80. The van der Waals surface area contributed by atoms with Crippen molar-refractivity contribution in [1.82, 2.24) is 9.80 Å². The Kier molecular flexibility index (Phi) is 7.49. The number of amides is 2. The first-order valence-electron chi connectivity index (χ1n) is 11.8. The molecule has 1 aliphatic heterocycles. The van der Waals surface area contributed by atoms with E-state index in [0.29, 0.717) is 6.54 Å². The lowest BCUT2D eigenvalue weighted by Gasteiger charge is -2.39. The third-order valence-electron chi connectivity index (χ3n) is 6.58. The van der Waals surface area contributed by atoms with Crippen LogP contribution in [-0.2, 0) is 21.4 Å². The highest BCUT2D eigenvalue weighted by atomic mass is 32.1. The van der Waals surface area contributed by atoms with Crippen LogP contribution in [-0.4, -0.2) is 40.7 Å². The van der Waals surface area contributed by atoms with E-state index in [1.807, 2.05) is 25.7 Å². The van der Waals surface area contributed by atoms with Crippen LogP contribution in [0, 0.1) is 5.92 Å². The number of thiophene rings is 1. The molecule has 0 N–H and O–H groups in total. The van der Waals surface area contributed by atoms with Crippen molar-refractivity contribution < 1.29 is 9.59 Å². The lowest BCUT2D eigenvalue weighted by atomic mass is 9.85. The molecular weight excluding hydrogens is 416 g/mol. The largest absolute Gasteiger partial charge is 0.330 e. The number of rotatable bonds is 6. The van der Waals surface area contributed by atoms with Crippen LogP contribution in [0.4, 0.5) is 0 Å². The van der Waals surface area contributed by atoms with Gasteiger partial charge in [-0.25, -0.2) is 0 Å². The van der Waals surface area contributed by atoms with Crippen molar-refractivity contribution >= 4 is 23.2 Å². The second-order valence-corrected chi connectivity index (χ2v) is 11.3. The molecule has 2 aromatic rings. The molecule has 3 rings (SSSR count). The number of carbonyl (C=O) groups is 2. The molecule has 0 fully saturated rings. The highest BCUT2D eigenvalue weighted by Gasteiger charge is 2.35. The van der Waals surface area contributed by atoms with Crippen molar-refractivity contribution in [3.8, 4) is 0 Å². The second kappa shape index (κ2) is 9.78. The highest BCUT2D eigenvalue weighted by Crippen LogP contribution is 2.38. The molecule has 1 aliphatic rings. The fourth-order valence-corrected chi connectivity index (χ4v) is 5.25. The van der Waals surface area contributed by atoms with Crippen molar-refractivity contribution in [2.45, 2.75) is 78.8 Å². The summed E-state index contributed by atoms with van der Waals surface area (Å²) in [7, 11) is 0. The summed E-state index contributed by atoms with van der Waals surface area (Å²) >= 11 is 1.77. The molecule has 0 aliphatic carbocycles. The van der Waals surface area contributed by atoms with Crippen LogP contribution >= 0.6 is 11.3 Å². The molecule has 2 heterocycles. The van der Waals surface area contributed by atoms with Gasteiger partial charge in [-0.3, -0.25) is 9.59 Å². The summed E-state index contributed by atoms with van der Waals surface area (Å²) in [5, 5.41) is 2.13. The maximum absolute atomic E-state index is 13.6. The molecule has 0 saturated carbocycles. The van der Waals surface area contributed by atoms with Crippen LogP contribution in [0.15, 0.2) is 35.7 Å².